The smallest absolute Gasteiger partial charge is 0.421 e. The fourth-order valence-corrected chi connectivity index (χ4v) is 2.46. The zero-order valence-electron chi connectivity index (χ0n) is 15.4. The van der Waals surface area contributed by atoms with Crippen molar-refractivity contribution in [2.75, 3.05) is 17.7 Å². The van der Waals surface area contributed by atoms with E-state index in [0.29, 0.717) is 22.9 Å². The van der Waals surface area contributed by atoms with Gasteiger partial charge in [-0.1, -0.05) is 17.7 Å². The number of nitrogens with one attached hydrogen (secondary N) is 2. The largest absolute Gasteiger partial charge is 0.481 e. The molecule has 2 heterocycles. The van der Waals surface area contributed by atoms with Crippen LogP contribution in [-0.4, -0.2) is 22.1 Å². The number of aromatic nitrogens is 3. The first-order valence-electron chi connectivity index (χ1n) is 8.32. The van der Waals surface area contributed by atoms with E-state index in [-0.39, 0.29) is 11.8 Å². The number of nitrogens with zero attached hydrogens (tertiary/aromatic N) is 3. The highest BCUT2D eigenvalue weighted by atomic mass is 19.4. The van der Waals surface area contributed by atoms with Gasteiger partial charge in [-0.3, -0.25) is 0 Å². The number of halogens is 3. The summed E-state index contributed by atoms with van der Waals surface area (Å²) in [4.78, 5) is 12.0. The molecule has 3 aromatic rings. The zero-order chi connectivity index (χ0) is 20.3. The fraction of sp³-hybridized carbons (Fsp3) is 0.211. The maximum absolute atomic E-state index is 13.4. The van der Waals surface area contributed by atoms with E-state index >= 15 is 0 Å². The van der Waals surface area contributed by atoms with Crippen LogP contribution >= 0.6 is 0 Å². The molecule has 9 heteroatoms. The quantitative estimate of drug-likeness (QED) is 0.640. The Labute approximate surface area is 159 Å². The third kappa shape index (κ3) is 4.67. The number of anilines is 4. The van der Waals surface area contributed by atoms with Gasteiger partial charge in [-0.25, -0.2) is 9.97 Å². The van der Waals surface area contributed by atoms with Crippen LogP contribution in [0.5, 0.6) is 5.88 Å². The number of hydrogen-bond donors (Lipinski definition) is 2. The molecule has 0 aliphatic heterocycles. The number of hydrogen-bond acceptors (Lipinski definition) is 6. The van der Waals surface area contributed by atoms with Crippen molar-refractivity contribution >= 4 is 23.1 Å². The second kappa shape index (κ2) is 7.71. The maximum Gasteiger partial charge on any atom is 0.421 e. The van der Waals surface area contributed by atoms with Crippen molar-refractivity contribution in [1.29, 1.82) is 0 Å². The van der Waals surface area contributed by atoms with E-state index in [9.17, 15) is 13.2 Å². The van der Waals surface area contributed by atoms with Gasteiger partial charge in [-0.2, -0.15) is 18.2 Å². The molecule has 0 unspecified atom stereocenters. The van der Waals surface area contributed by atoms with Crippen molar-refractivity contribution in [2.45, 2.75) is 20.0 Å². The van der Waals surface area contributed by atoms with Crippen LogP contribution in [0, 0.1) is 13.8 Å². The van der Waals surface area contributed by atoms with Crippen molar-refractivity contribution in [1.82, 2.24) is 15.0 Å². The van der Waals surface area contributed by atoms with Crippen LogP contribution < -0.4 is 15.4 Å². The number of benzene rings is 1. The summed E-state index contributed by atoms with van der Waals surface area (Å²) < 4.78 is 45.2. The van der Waals surface area contributed by atoms with Crippen LogP contribution in [0.2, 0.25) is 0 Å². The first kappa shape index (κ1) is 19.4. The first-order valence-corrected chi connectivity index (χ1v) is 8.32. The minimum absolute atomic E-state index is 0.00950. The van der Waals surface area contributed by atoms with Gasteiger partial charge in [0.1, 0.15) is 11.4 Å². The van der Waals surface area contributed by atoms with E-state index in [0.717, 1.165) is 11.8 Å². The maximum atomic E-state index is 13.4. The molecule has 28 heavy (non-hydrogen) atoms. The van der Waals surface area contributed by atoms with Crippen LogP contribution in [0.4, 0.5) is 36.3 Å². The van der Waals surface area contributed by atoms with Gasteiger partial charge in [0.25, 0.3) is 0 Å². The molecule has 0 aliphatic carbocycles. The Kier molecular flexibility index (Phi) is 5.34. The van der Waals surface area contributed by atoms with Crippen molar-refractivity contribution in [2.24, 2.45) is 0 Å². The second-order valence-electron chi connectivity index (χ2n) is 6.11. The number of ether oxygens (including phenoxy) is 1. The monoisotopic (exact) mass is 389 g/mol. The lowest BCUT2D eigenvalue weighted by Crippen LogP contribution is -2.12. The molecule has 146 valence electrons. The molecule has 0 aliphatic rings. The lowest BCUT2D eigenvalue weighted by atomic mass is 10.2. The second-order valence-corrected chi connectivity index (χ2v) is 6.11. The summed E-state index contributed by atoms with van der Waals surface area (Å²) in [5.74, 6) is 0.0364. The van der Waals surface area contributed by atoms with Crippen molar-refractivity contribution in [3.63, 3.8) is 0 Å². The number of pyridine rings is 1. The normalized spacial score (nSPS) is 11.2. The molecule has 0 saturated heterocycles. The van der Waals surface area contributed by atoms with Crippen LogP contribution in [-0.2, 0) is 6.18 Å². The summed E-state index contributed by atoms with van der Waals surface area (Å²) in [7, 11) is 1.48. The third-order valence-electron chi connectivity index (χ3n) is 3.80. The van der Waals surface area contributed by atoms with Gasteiger partial charge in [-0.15, -0.1) is 0 Å². The Bertz CT molecular complexity index is 974. The summed E-state index contributed by atoms with van der Waals surface area (Å²) >= 11 is 0. The predicted molar refractivity (Wildman–Crippen MR) is 100 cm³/mol. The fourth-order valence-electron chi connectivity index (χ4n) is 2.46. The third-order valence-corrected chi connectivity index (χ3v) is 3.80. The number of alkyl halides is 3. The van der Waals surface area contributed by atoms with Crippen molar-refractivity contribution in [3.05, 3.63) is 59.4 Å². The molecule has 0 spiro atoms. The summed E-state index contributed by atoms with van der Waals surface area (Å²) in [6.07, 6.45) is -3.85. The molecular weight excluding hydrogens is 371 g/mol. The van der Waals surface area contributed by atoms with E-state index in [1.165, 1.54) is 7.11 Å². The lowest BCUT2D eigenvalue weighted by molar-refractivity contribution is -0.137. The molecule has 2 aromatic heterocycles. The molecule has 0 fully saturated rings. The molecule has 0 amide bonds. The molecule has 3 rings (SSSR count). The molecular formula is C19H18F3N5O. The Balaban J connectivity index is 1.95. The number of rotatable bonds is 5. The van der Waals surface area contributed by atoms with E-state index in [4.69, 9.17) is 4.74 Å². The number of methoxy groups -OCH3 is 1. The summed E-state index contributed by atoms with van der Waals surface area (Å²) in [6.45, 7) is 3.66. The molecule has 2 N–H and O–H groups in total. The van der Waals surface area contributed by atoms with Gasteiger partial charge in [0.15, 0.2) is 0 Å². The van der Waals surface area contributed by atoms with E-state index in [2.05, 4.69) is 25.6 Å². The standard InChI is InChI=1S/C19H18F3N5O/c1-11-4-6-13(7-5-11)25-17-15(19(20,21)22)10-23-18(27-17)26-14-8-12(2)24-16(9-14)28-3/h4-10H,1-3H3,(H2,23,24,25,26,27). The van der Waals surface area contributed by atoms with Crippen LogP contribution in [0.15, 0.2) is 42.6 Å². The summed E-state index contributed by atoms with van der Waals surface area (Å²) in [5, 5.41) is 5.60. The Morgan fingerprint density at radius 1 is 0.929 bits per heavy atom. The van der Waals surface area contributed by atoms with Crippen LogP contribution in [0.3, 0.4) is 0 Å². The highest BCUT2D eigenvalue weighted by Crippen LogP contribution is 2.35. The van der Waals surface area contributed by atoms with Gasteiger partial charge < -0.3 is 15.4 Å². The SMILES string of the molecule is COc1cc(Nc2ncc(C(F)(F)F)c(Nc3ccc(C)cc3)n2)cc(C)n1. The van der Waals surface area contributed by atoms with Gasteiger partial charge >= 0.3 is 6.18 Å². The molecule has 6 nitrogen and oxygen atoms in total. The van der Waals surface area contributed by atoms with Gasteiger partial charge in [0, 0.05) is 29.3 Å². The molecule has 0 radical (unpaired) electrons. The van der Waals surface area contributed by atoms with Crippen molar-refractivity contribution < 1.29 is 17.9 Å². The van der Waals surface area contributed by atoms with E-state index in [1.54, 1.807) is 43.3 Å². The molecule has 1 aromatic carbocycles. The van der Waals surface area contributed by atoms with Gasteiger partial charge in [0.2, 0.25) is 11.8 Å². The lowest BCUT2D eigenvalue weighted by Gasteiger charge is -2.15. The molecule has 0 atom stereocenters. The average molecular weight is 389 g/mol. The van der Waals surface area contributed by atoms with Crippen LogP contribution in [0.25, 0.3) is 0 Å². The number of aryl methyl sites for hydroxylation is 2. The molecule has 0 bridgehead atoms. The topological polar surface area (TPSA) is 72.0 Å². The minimum atomic E-state index is -4.60. The first-order chi connectivity index (χ1) is 13.2. The highest BCUT2D eigenvalue weighted by molar-refractivity contribution is 5.63. The zero-order valence-corrected chi connectivity index (χ0v) is 15.4. The summed E-state index contributed by atoms with van der Waals surface area (Å²) in [6, 6.07) is 10.3. The van der Waals surface area contributed by atoms with E-state index < -0.39 is 11.7 Å². The Hall–Kier alpha value is -3.36. The highest BCUT2D eigenvalue weighted by Gasteiger charge is 2.35. The molecule has 0 saturated carbocycles. The van der Waals surface area contributed by atoms with Gasteiger partial charge in [0.05, 0.1) is 7.11 Å². The van der Waals surface area contributed by atoms with Crippen LogP contribution in [0.1, 0.15) is 16.8 Å². The van der Waals surface area contributed by atoms with E-state index in [1.807, 2.05) is 6.92 Å². The van der Waals surface area contributed by atoms with Gasteiger partial charge in [-0.05, 0) is 32.0 Å². The predicted octanol–water partition coefficient (Wildman–Crippen LogP) is 5.00. The summed E-state index contributed by atoms with van der Waals surface area (Å²) in [5.41, 5.74) is 1.75. The Morgan fingerprint density at radius 3 is 2.29 bits per heavy atom. The average Bonchev–Trinajstić information content (AvgIpc) is 2.62. The Morgan fingerprint density at radius 2 is 1.64 bits per heavy atom. The minimum Gasteiger partial charge on any atom is -0.481 e. The van der Waals surface area contributed by atoms with Crippen molar-refractivity contribution in [3.8, 4) is 5.88 Å².